The number of carbonyl (C=O) groups excluding carboxylic acids is 2. The average molecular weight is 362 g/mol. The number of benzene rings is 1. The van der Waals surface area contributed by atoms with Crippen LogP contribution in [0.5, 0.6) is 5.75 Å². The molecular weight excluding hydrogens is 332 g/mol. The molecular formula is C21H30O5. The second-order valence-electron chi connectivity index (χ2n) is 5.93. The normalized spacial score (nSPS) is 11.1. The van der Waals surface area contributed by atoms with Crippen LogP contribution in [0.2, 0.25) is 0 Å². The Morgan fingerprint density at radius 1 is 0.923 bits per heavy atom. The van der Waals surface area contributed by atoms with Crippen LogP contribution in [-0.4, -0.2) is 31.8 Å². The highest BCUT2D eigenvalue weighted by atomic mass is 16.5. The van der Waals surface area contributed by atoms with E-state index in [-0.39, 0.29) is 12.2 Å². The number of unbranched alkanes of at least 4 members (excludes halogenated alkanes) is 2. The third-order valence-corrected chi connectivity index (χ3v) is 3.66. The van der Waals surface area contributed by atoms with Gasteiger partial charge in [0, 0.05) is 18.1 Å². The van der Waals surface area contributed by atoms with Crippen molar-refractivity contribution >= 4 is 11.9 Å². The predicted molar refractivity (Wildman–Crippen MR) is 101 cm³/mol. The van der Waals surface area contributed by atoms with Crippen LogP contribution in [0.15, 0.2) is 35.9 Å². The van der Waals surface area contributed by atoms with Gasteiger partial charge in [-0.25, -0.2) is 9.59 Å². The summed E-state index contributed by atoms with van der Waals surface area (Å²) in [5.41, 5.74) is 1.18. The van der Waals surface area contributed by atoms with Gasteiger partial charge in [-0.1, -0.05) is 38.8 Å². The van der Waals surface area contributed by atoms with E-state index in [0.717, 1.165) is 37.0 Å². The third-order valence-electron chi connectivity index (χ3n) is 3.66. The van der Waals surface area contributed by atoms with E-state index in [1.165, 1.54) is 6.08 Å². The molecule has 26 heavy (non-hydrogen) atoms. The van der Waals surface area contributed by atoms with Crippen LogP contribution in [0.1, 0.15) is 52.0 Å². The zero-order chi connectivity index (χ0) is 19.2. The van der Waals surface area contributed by atoms with Crippen molar-refractivity contribution in [1.82, 2.24) is 0 Å². The Kier molecular flexibility index (Phi) is 10.9. The molecule has 0 fully saturated rings. The van der Waals surface area contributed by atoms with Crippen molar-refractivity contribution in [3.8, 4) is 5.75 Å². The minimum atomic E-state index is -0.513. The second-order valence-corrected chi connectivity index (χ2v) is 5.93. The van der Waals surface area contributed by atoms with E-state index in [0.29, 0.717) is 19.6 Å². The van der Waals surface area contributed by atoms with Gasteiger partial charge in [0.25, 0.3) is 0 Å². The molecule has 1 aromatic rings. The third kappa shape index (κ3) is 8.70. The maximum atomic E-state index is 12.1. The fourth-order valence-electron chi connectivity index (χ4n) is 2.16. The first kappa shape index (κ1) is 21.7. The molecule has 0 amide bonds. The van der Waals surface area contributed by atoms with Crippen LogP contribution in [0.4, 0.5) is 0 Å². The molecule has 0 heterocycles. The zero-order valence-corrected chi connectivity index (χ0v) is 16.1. The standard InChI is InChI=1S/C21H30O5/c1-4-7-13-25-19-11-9-17(10-12-19)15-18(21(23)24-6-3)16-20(22)26-14-8-5-2/h9-12,16H,4-8,13-15H2,1-3H3/b18-16+. The molecule has 0 aromatic heterocycles. The summed E-state index contributed by atoms with van der Waals surface area (Å²) in [5, 5.41) is 0. The largest absolute Gasteiger partial charge is 0.494 e. The van der Waals surface area contributed by atoms with Gasteiger partial charge in [0.2, 0.25) is 0 Å². The Balaban J connectivity index is 2.75. The van der Waals surface area contributed by atoms with E-state index in [2.05, 4.69) is 6.92 Å². The highest BCUT2D eigenvalue weighted by molar-refractivity contribution is 5.96. The van der Waals surface area contributed by atoms with Crippen molar-refractivity contribution in [1.29, 1.82) is 0 Å². The Hall–Kier alpha value is -2.30. The van der Waals surface area contributed by atoms with Crippen molar-refractivity contribution < 1.29 is 23.8 Å². The van der Waals surface area contributed by atoms with E-state index in [1.54, 1.807) is 6.92 Å². The van der Waals surface area contributed by atoms with Gasteiger partial charge in [0.1, 0.15) is 5.75 Å². The Morgan fingerprint density at radius 3 is 2.19 bits per heavy atom. The Bertz CT molecular complexity index is 575. The first-order valence-electron chi connectivity index (χ1n) is 9.36. The smallest absolute Gasteiger partial charge is 0.334 e. The summed E-state index contributed by atoms with van der Waals surface area (Å²) in [6.07, 6.45) is 5.37. The maximum absolute atomic E-state index is 12.1. The molecule has 5 heteroatoms. The van der Waals surface area contributed by atoms with Crippen LogP contribution in [0.3, 0.4) is 0 Å². The minimum absolute atomic E-state index is 0.255. The molecule has 144 valence electrons. The van der Waals surface area contributed by atoms with Crippen LogP contribution < -0.4 is 4.74 Å². The lowest BCUT2D eigenvalue weighted by Crippen LogP contribution is -2.13. The van der Waals surface area contributed by atoms with E-state index in [1.807, 2.05) is 31.2 Å². The van der Waals surface area contributed by atoms with E-state index < -0.39 is 11.9 Å². The number of ether oxygens (including phenoxy) is 3. The van der Waals surface area contributed by atoms with Gasteiger partial charge in [-0.05, 0) is 37.5 Å². The minimum Gasteiger partial charge on any atom is -0.494 e. The lowest BCUT2D eigenvalue weighted by Gasteiger charge is -2.09. The molecule has 0 saturated carbocycles. The van der Waals surface area contributed by atoms with Crippen LogP contribution in [0, 0.1) is 0 Å². The van der Waals surface area contributed by atoms with E-state index in [4.69, 9.17) is 14.2 Å². The van der Waals surface area contributed by atoms with Crippen LogP contribution in [-0.2, 0) is 25.5 Å². The first-order chi connectivity index (χ1) is 12.6. The highest BCUT2D eigenvalue weighted by Crippen LogP contribution is 2.16. The first-order valence-corrected chi connectivity index (χ1v) is 9.36. The summed E-state index contributed by atoms with van der Waals surface area (Å²) in [5.74, 6) is -0.216. The number of esters is 2. The van der Waals surface area contributed by atoms with Crippen molar-refractivity contribution in [3.63, 3.8) is 0 Å². The molecule has 0 aliphatic carbocycles. The lowest BCUT2D eigenvalue weighted by molar-refractivity contribution is -0.141. The summed E-state index contributed by atoms with van der Waals surface area (Å²) in [6.45, 7) is 7.16. The summed E-state index contributed by atoms with van der Waals surface area (Å²) >= 11 is 0. The van der Waals surface area contributed by atoms with Gasteiger partial charge in [0.05, 0.1) is 19.8 Å². The summed E-state index contributed by atoms with van der Waals surface area (Å²) in [4.78, 5) is 24.0. The quantitative estimate of drug-likeness (QED) is 0.316. The van der Waals surface area contributed by atoms with E-state index >= 15 is 0 Å². The van der Waals surface area contributed by atoms with Crippen molar-refractivity contribution in [3.05, 3.63) is 41.5 Å². The van der Waals surface area contributed by atoms with Gasteiger partial charge < -0.3 is 14.2 Å². The molecule has 5 nitrogen and oxygen atoms in total. The summed E-state index contributed by atoms with van der Waals surface area (Å²) < 4.78 is 15.8. The summed E-state index contributed by atoms with van der Waals surface area (Å²) in [6, 6.07) is 7.51. The second kappa shape index (κ2) is 13.0. The van der Waals surface area contributed by atoms with E-state index in [9.17, 15) is 9.59 Å². The van der Waals surface area contributed by atoms with Gasteiger partial charge in [0.15, 0.2) is 0 Å². The predicted octanol–water partition coefficient (Wildman–Crippen LogP) is 4.24. The molecule has 0 unspecified atom stereocenters. The number of rotatable bonds is 12. The molecule has 1 rings (SSSR count). The van der Waals surface area contributed by atoms with Gasteiger partial charge in [-0.15, -0.1) is 0 Å². The molecule has 0 saturated heterocycles. The van der Waals surface area contributed by atoms with Gasteiger partial charge in [-0.2, -0.15) is 0 Å². The monoisotopic (exact) mass is 362 g/mol. The number of carbonyl (C=O) groups is 2. The average Bonchev–Trinajstić information content (AvgIpc) is 2.63. The van der Waals surface area contributed by atoms with Crippen molar-refractivity contribution in [2.75, 3.05) is 19.8 Å². The molecule has 0 radical (unpaired) electrons. The van der Waals surface area contributed by atoms with Crippen molar-refractivity contribution in [2.45, 2.75) is 52.9 Å². The molecule has 1 aromatic carbocycles. The fraction of sp³-hybridized carbons (Fsp3) is 0.524. The highest BCUT2D eigenvalue weighted by Gasteiger charge is 2.14. The molecule has 0 bridgehead atoms. The summed E-state index contributed by atoms with van der Waals surface area (Å²) in [7, 11) is 0. The molecule has 0 atom stereocenters. The van der Waals surface area contributed by atoms with Crippen LogP contribution in [0.25, 0.3) is 0 Å². The lowest BCUT2D eigenvalue weighted by atomic mass is 10.0. The SMILES string of the molecule is CCCCOC(=O)/C=C(\Cc1ccc(OCCCC)cc1)C(=O)OCC. The fourth-order valence-corrected chi connectivity index (χ4v) is 2.16. The molecule has 0 aliphatic heterocycles. The zero-order valence-electron chi connectivity index (χ0n) is 16.1. The molecule has 0 N–H and O–H groups in total. The van der Waals surface area contributed by atoms with Gasteiger partial charge >= 0.3 is 11.9 Å². The van der Waals surface area contributed by atoms with Gasteiger partial charge in [-0.3, -0.25) is 0 Å². The van der Waals surface area contributed by atoms with Crippen molar-refractivity contribution in [2.24, 2.45) is 0 Å². The topological polar surface area (TPSA) is 61.8 Å². The van der Waals surface area contributed by atoms with Crippen LogP contribution >= 0.6 is 0 Å². The molecule has 0 spiro atoms. The Labute approximate surface area is 156 Å². The molecule has 0 aliphatic rings. The Morgan fingerprint density at radius 2 is 1.58 bits per heavy atom. The number of hydrogen-bond acceptors (Lipinski definition) is 5. The maximum Gasteiger partial charge on any atom is 0.334 e. The number of hydrogen-bond donors (Lipinski definition) is 0.